The van der Waals surface area contributed by atoms with E-state index in [1.54, 1.807) is 10.9 Å². The lowest BCUT2D eigenvalue weighted by molar-refractivity contribution is -0.0298. The Labute approximate surface area is 192 Å². The number of nitriles is 1. The van der Waals surface area contributed by atoms with Crippen LogP contribution in [-0.4, -0.2) is 51.9 Å². The molecule has 2 aliphatic heterocycles. The fourth-order valence-corrected chi connectivity index (χ4v) is 4.50. The molecule has 0 amide bonds. The van der Waals surface area contributed by atoms with E-state index in [0.29, 0.717) is 30.2 Å². The molecule has 3 aromatic rings. The molecule has 2 aliphatic rings. The summed E-state index contributed by atoms with van der Waals surface area (Å²) < 4.78 is 13.0. The van der Waals surface area contributed by atoms with Crippen molar-refractivity contribution in [3.63, 3.8) is 0 Å². The van der Waals surface area contributed by atoms with Crippen molar-refractivity contribution in [2.24, 2.45) is 0 Å². The van der Waals surface area contributed by atoms with Crippen molar-refractivity contribution < 1.29 is 14.3 Å². The number of aromatic nitrogens is 3. The molecule has 0 aliphatic carbocycles. The third-order valence-electron chi connectivity index (χ3n) is 6.51. The molecule has 8 heteroatoms. The van der Waals surface area contributed by atoms with Crippen LogP contribution in [0.15, 0.2) is 36.8 Å². The van der Waals surface area contributed by atoms with Crippen molar-refractivity contribution >= 4 is 5.97 Å². The Morgan fingerprint density at radius 3 is 2.97 bits per heavy atom. The minimum atomic E-state index is -0.238. The van der Waals surface area contributed by atoms with Crippen LogP contribution in [-0.2, 0) is 22.5 Å². The van der Waals surface area contributed by atoms with Gasteiger partial charge in [-0.3, -0.25) is 4.90 Å². The summed E-state index contributed by atoms with van der Waals surface area (Å²) in [5, 5.41) is 13.5. The molecule has 0 radical (unpaired) electrons. The molecule has 5 rings (SSSR count). The quantitative estimate of drug-likeness (QED) is 0.560. The van der Waals surface area contributed by atoms with E-state index in [4.69, 9.17) is 14.7 Å². The highest BCUT2D eigenvalue weighted by Crippen LogP contribution is 2.32. The van der Waals surface area contributed by atoms with E-state index in [1.165, 1.54) is 0 Å². The predicted molar refractivity (Wildman–Crippen MR) is 120 cm³/mol. The van der Waals surface area contributed by atoms with Crippen LogP contribution in [0.2, 0.25) is 0 Å². The Morgan fingerprint density at radius 1 is 1.27 bits per heavy atom. The molecule has 1 fully saturated rings. The summed E-state index contributed by atoms with van der Waals surface area (Å²) in [5.41, 5.74) is 6.47. The maximum absolute atomic E-state index is 11.8. The molecule has 2 aromatic heterocycles. The zero-order valence-electron chi connectivity index (χ0n) is 18.7. The Bertz CT molecular complexity index is 1260. The first kappa shape index (κ1) is 21.3. The average molecular weight is 444 g/mol. The molecule has 0 spiro atoms. The van der Waals surface area contributed by atoms with E-state index in [2.05, 4.69) is 21.1 Å². The Morgan fingerprint density at radius 2 is 2.15 bits per heavy atom. The molecule has 33 heavy (non-hydrogen) atoms. The molecular formula is C25H25N5O3. The number of hydrogen-bond donors (Lipinski definition) is 0. The van der Waals surface area contributed by atoms with Gasteiger partial charge < -0.3 is 9.47 Å². The smallest absolute Gasteiger partial charge is 0.338 e. The number of benzene rings is 1. The number of pyridine rings is 1. The van der Waals surface area contributed by atoms with Crippen molar-refractivity contribution in [2.45, 2.75) is 33.0 Å². The molecule has 4 heterocycles. The molecule has 8 nitrogen and oxygen atoms in total. The molecule has 0 saturated carbocycles. The van der Waals surface area contributed by atoms with Crippen LogP contribution in [0.1, 0.15) is 49.8 Å². The van der Waals surface area contributed by atoms with Crippen molar-refractivity contribution in [3.8, 4) is 11.9 Å². The van der Waals surface area contributed by atoms with Gasteiger partial charge in [0.05, 0.1) is 30.0 Å². The molecule has 168 valence electrons. The highest BCUT2D eigenvalue weighted by molar-refractivity contribution is 5.93. The van der Waals surface area contributed by atoms with Crippen molar-refractivity contribution in [1.29, 1.82) is 5.26 Å². The van der Waals surface area contributed by atoms with Crippen molar-refractivity contribution in [3.05, 3.63) is 75.7 Å². The van der Waals surface area contributed by atoms with Crippen molar-refractivity contribution in [1.82, 2.24) is 19.7 Å². The molecular weight excluding hydrogens is 418 g/mol. The van der Waals surface area contributed by atoms with Crippen LogP contribution in [0.4, 0.5) is 0 Å². The highest BCUT2D eigenvalue weighted by atomic mass is 16.5. The molecule has 1 unspecified atom stereocenters. The van der Waals surface area contributed by atoms with Crippen LogP contribution < -0.4 is 0 Å². The summed E-state index contributed by atoms with van der Waals surface area (Å²) in [4.78, 5) is 18.6. The third-order valence-corrected chi connectivity index (χ3v) is 6.51. The van der Waals surface area contributed by atoms with Crippen LogP contribution >= 0.6 is 0 Å². The number of nitrogens with zero attached hydrogens (tertiary/aromatic N) is 5. The predicted octanol–water partition coefficient (Wildman–Crippen LogP) is 3.04. The van der Waals surface area contributed by atoms with Gasteiger partial charge in [-0.05, 0) is 54.7 Å². The van der Waals surface area contributed by atoms with Crippen LogP contribution in [0, 0.1) is 25.2 Å². The summed E-state index contributed by atoms with van der Waals surface area (Å²) in [5.74, 6) is 0.469. The SMILES string of the molecule is Cc1cc(-n2cc(CCN3CCOC(c4ccc5c(c4C)COC5=O)C3)cn2)ncc1C#N. The van der Waals surface area contributed by atoms with Gasteiger partial charge in [0.1, 0.15) is 12.7 Å². The van der Waals surface area contributed by atoms with Gasteiger partial charge in [-0.25, -0.2) is 14.5 Å². The second-order valence-corrected chi connectivity index (χ2v) is 8.55. The van der Waals surface area contributed by atoms with Gasteiger partial charge in [-0.1, -0.05) is 6.07 Å². The van der Waals surface area contributed by atoms with E-state index in [-0.39, 0.29) is 12.1 Å². The second kappa shape index (κ2) is 8.77. The van der Waals surface area contributed by atoms with E-state index in [0.717, 1.165) is 53.9 Å². The van der Waals surface area contributed by atoms with Crippen molar-refractivity contribution in [2.75, 3.05) is 26.2 Å². The largest absolute Gasteiger partial charge is 0.457 e. The zero-order valence-corrected chi connectivity index (χ0v) is 18.7. The number of esters is 1. The lowest BCUT2D eigenvalue weighted by Crippen LogP contribution is -2.39. The van der Waals surface area contributed by atoms with E-state index < -0.39 is 0 Å². The third kappa shape index (κ3) is 4.13. The summed E-state index contributed by atoms with van der Waals surface area (Å²) in [6.45, 7) is 7.55. The van der Waals surface area contributed by atoms with E-state index in [9.17, 15) is 4.79 Å². The maximum atomic E-state index is 11.8. The minimum absolute atomic E-state index is 0.0201. The molecule has 1 atom stereocenters. The standard InChI is InChI=1S/C25H25N5O3/c1-16-9-24(27-12-19(16)10-26)30-13-18(11-28-30)5-6-29-7-8-32-23(14-29)20-3-4-21-22(17(20)2)15-33-25(21)31/h3-4,9,11-13,23H,5-8,14-15H2,1-2H3. The highest BCUT2D eigenvalue weighted by Gasteiger charge is 2.28. The zero-order chi connectivity index (χ0) is 22.9. The molecule has 0 N–H and O–H groups in total. The number of aryl methyl sites for hydroxylation is 1. The Hall–Kier alpha value is -3.54. The summed E-state index contributed by atoms with van der Waals surface area (Å²) >= 11 is 0. The number of fused-ring (bicyclic) bond motifs is 1. The van der Waals surface area contributed by atoms with Gasteiger partial charge in [-0.2, -0.15) is 10.4 Å². The second-order valence-electron chi connectivity index (χ2n) is 8.55. The number of hydrogen-bond acceptors (Lipinski definition) is 7. The first-order valence-corrected chi connectivity index (χ1v) is 11.1. The number of carbonyl (C=O) groups is 1. The van der Waals surface area contributed by atoms with Crippen LogP contribution in [0.5, 0.6) is 0 Å². The Balaban J connectivity index is 1.23. The number of ether oxygens (including phenoxy) is 2. The fourth-order valence-electron chi connectivity index (χ4n) is 4.50. The minimum Gasteiger partial charge on any atom is -0.457 e. The Kier molecular flexibility index (Phi) is 5.67. The van der Waals surface area contributed by atoms with Gasteiger partial charge in [0.15, 0.2) is 5.82 Å². The lowest BCUT2D eigenvalue weighted by Gasteiger charge is -2.34. The van der Waals surface area contributed by atoms with Gasteiger partial charge in [0, 0.05) is 37.6 Å². The number of carbonyl (C=O) groups excluding carboxylic acids is 1. The van der Waals surface area contributed by atoms with E-state index in [1.807, 2.05) is 44.4 Å². The van der Waals surface area contributed by atoms with E-state index >= 15 is 0 Å². The molecule has 0 bridgehead atoms. The van der Waals surface area contributed by atoms with Gasteiger partial charge in [-0.15, -0.1) is 0 Å². The first-order valence-electron chi connectivity index (χ1n) is 11.1. The fraction of sp³-hybridized carbons (Fsp3) is 0.360. The number of cyclic esters (lactones) is 1. The summed E-state index contributed by atoms with van der Waals surface area (Å²) in [6, 6.07) is 7.88. The normalized spacial score (nSPS) is 18.1. The summed E-state index contributed by atoms with van der Waals surface area (Å²) in [7, 11) is 0. The van der Waals surface area contributed by atoms with Crippen LogP contribution in [0.25, 0.3) is 5.82 Å². The summed E-state index contributed by atoms with van der Waals surface area (Å²) in [6.07, 6.45) is 6.30. The van der Waals surface area contributed by atoms with Gasteiger partial charge in [0.25, 0.3) is 0 Å². The number of rotatable bonds is 5. The van der Waals surface area contributed by atoms with Gasteiger partial charge >= 0.3 is 5.97 Å². The van der Waals surface area contributed by atoms with Gasteiger partial charge in [0.2, 0.25) is 0 Å². The first-order chi connectivity index (χ1) is 16.0. The monoisotopic (exact) mass is 443 g/mol. The van der Waals surface area contributed by atoms with Crippen LogP contribution in [0.3, 0.4) is 0 Å². The topological polar surface area (TPSA) is 93.3 Å². The lowest BCUT2D eigenvalue weighted by atomic mass is 9.94. The molecule has 1 aromatic carbocycles. The maximum Gasteiger partial charge on any atom is 0.338 e. The molecule has 1 saturated heterocycles. The number of morpholine rings is 1. The average Bonchev–Trinajstić information content (AvgIpc) is 3.45.